The van der Waals surface area contributed by atoms with Gasteiger partial charge in [0.1, 0.15) is 16.2 Å². The number of rotatable bonds is 5. The first-order valence-corrected chi connectivity index (χ1v) is 19.0. The molecule has 0 aliphatic carbocycles. The summed E-state index contributed by atoms with van der Waals surface area (Å²) in [6, 6.07) is 60.8. The summed E-state index contributed by atoms with van der Waals surface area (Å²) in [6.07, 6.45) is 0. The van der Waals surface area contributed by atoms with E-state index in [-0.39, 0.29) is 0 Å². The Bertz CT molecular complexity index is 3130. The van der Waals surface area contributed by atoms with Crippen LogP contribution in [0, 0.1) is 0 Å². The third-order valence-electron chi connectivity index (χ3n) is 10.1. The molecule has 5 heteroatoms. The fourth-order valence-electron chi connectivity index (χ4n) is 7.65. The lowest BCUT2D eigenvalue weighted by molar-refractivity contribution is 0.669. The number of thiazole rings is 1. The van der Waals surface area contributed by atoms with Gasteiger partial charge in [-0.15, -0.1) is 22.7 Å². The lowest BCUT2D eigenvalue weighted by Crippen LogP contribution is -2.09. The van der Waals surface area contributed by atoms with Crippen LogP contribution >= 0.6 is 22.7 Å². The standard InChI is InChI=1S/C47H28N2OS2/c1-2-10-31(11-3-1)47-48-46-43(52-47)26-25-40-45(46)39-24-22-33(27-41(39)50-40)49(34-21-23-38-37-14-6-7-16-42(37)51-44(38)28-34)32-19-17-30(18-20-32)36-15-8-12-29-9-4-5-13-35(29)36/h1-28H. The van der Waals surface area contributed by atoms with Crippen LogP contribution in [0.5, 0.6) is 0 Å². The van der Waals surface area contributed by atoms with Gasteiger partial charge in [0, 0.05) is 54.3 Å². The molecule has 0 fully saturated rings. The smallest absolute Gasteiger partial charge is 0.137 e. The highest BCUT2D eigenvalue weighted by atomic mass is 32.1. The molecule has 11 aromatic rings. The number of hydrogen-bond donors (Lipinski definition) is 0. The summed E-state index contributed by atoms with van der Waals surface area (Å²) >= 11 is 3.56. The minimum absolute atomic E-state index is 0.842. The molecular formula is C47H28N2OS2. The van der Waals surface area contributed by atoms with Crippen LogP contribution in [0.25, 0.3) is 84.8 Å². The Hall–Kier alpha value is -6.27. The van der Waals surface area contributed by atoms with Gasteiger partial charge >= 0.3 is 0 Å². The first-order valence-electron chi connectivity index (χ1n) is 17.4. The molecule has 3 heterocycles. The van der Waals surface area contributed by atoms with Gasteiger partial charge in [-0.1, -0.05) is 109 Å². The van der Waals surface area contributed by atoms with E-state index in [1.54, 1.807) is 11.3 Å². The molecule has 52 heavy (non-hydrogen) atoms. The van der Waals surface area contributed by atoms with Gasteiger partial charge in [0.2, 0.25) is 0 Å². The quantitative estimate of drug-likeness (QED) is 0.179. The number of thiophene rings is 1. The molecule has 0 atom stereocenters. The number of anilines is 3. The van der Waals surface area contributed by atoms with Crippen molar-refractivity contribution in [1.29, 1.82) is 0 Å². The average Bonchev–Trinajstić information content (AvgIpc) is 3.91. The fraction of sp³-hybridized carbons (Fsp3) is 0. The first-order chi connectivity index (χ1) is 25.7. The monoisotopic (exact) mass is 700 g/mol. The molecule has 3 aromatic heterocycles. The molecule has 3 nitrogen and oxygen atoms in total. The van der Waals surface area contributed by atoms with Crippen molar-refractivity contribution in [3.8, 4) is 21.7 Å². The maximum absolute atomic E-state index is 6.61. The van der Waals surface area contributed by atoms with Crippen molar-refractivity contribution >= 4 is 103 Å². The van der Waals surface area contributed by atoms with E-state index in [0.717, 1.165) is 59.8 Å². The van der Waals surface area contributed by atoms with E-state index < -0.39 is 0 Å². The molecule has 0 unspecified atom stereocenters. The van der Waals surface area contributed by atoms with Crippen molar-refractivity contribution < 1.29 is 4.42 Å². The van der Waals surface area contributed by atoms with Gasteiger partial charge in [0.05, 0.1) is 15.6 Å². The third-order valence-corrected chi connectivity index (χ3v) is 12.3. The summed E-state index contributed by atoms with van der Waals surface area (Å²) in [4.78, 5) is 7.48. The van der Waals surface area contributed by atoms with Crippen LogP contribution < -0.4 is 4.90 Å². The largest absolute Gasteiger partial charge is 0.456 e. The van der Waals surface area contributed by atoms with E-state index in [4.69, 9.17) is 9.40 Å². The molecular weight excluding hydrogens is 673 g/mol. The van der Waals surface area contributed by atoms with Crippen LogP contribution in [0.3, 0.4) is 0 Å². The lowest BCUT2D eigenvalue weighted by atomic mass is 9.98. The highest BCUT2D eigenvalue weighted by Gasteiger charge is 2.20. The zero-order chi connectivity index (χ0) is 34.2. The van der Waals surface area contributed by atoms with Crippen LogP contribution in [0.15, 0.2) is 174 Å². The van der Waals surface area contributed by atoms with E-state index in [1.165, 1.54) is 42.1 Å². The van der Waals surface area contributed by atoms with Gasteiger partial charge in [-0.05, 0) is 76.5 Å². The minimum Gasteiger partial charge on any atom is -0.456 e. The summed E-state index contributed by atoms with van der Waals surface area (Å²) in [5.74, 6) is 0. The van der Waals surface area contributed by atoms with E-state index in [0.29, 0.717) is 0 Å². The second kappa shape index (κ2) is 11.6. The molecule has 244 valence electrons. The van der Waals surface area contributed by atoms with E-state index in [9.17, 15) is 0 Å². The molecule has 0 spiro atoms. The summed E-state index contributed by atoms with van der Waals surface area (Å²) in [7, 11) is 0. The Kier molecular flexibility index (Phi) is 6.59. The van der Waals surface area contributed by atoms with Crippen LogP contribution in [0.1, 0.15) is 0 Å². The Balaban J connectivity index is 1.07. The molecule has 8 aromatic carbocycles. The van der Waals surface area contributed by atoms with E-state index in [2.05, 4.69) is 169 Å². The lowest BCUT2D eigenvalue weighted by Gasteiger charge is -2.26. The van der Waals surface area contributed by atoms with Crippen molar-refractivity contribution in [2.75, 3.05) is 4.90 Å². The molecule has 0 N–H and O–H groups in total. The van der Waals surface area contributed by atoms with Crippen molar-refractivity contribution in [3.63, 3.8) is 0 Å². The second-order valence-corrected chi connectivity index (χ2v) is 15.3. The van der Waals surface area contributed by atoms with Crippen LogP contribution in [0.4, 0.5) is 17.1 Å². The highest BCUT2D eigenvalue weighted by molar-refractivity contribution is 7.25. The average molecular weight is 701 g/mol. The van der Waals surface area contributed by atoms with Crippen LogP contribution in [-0.4, -0.2) is 4.98 Å². The number of nitrogens with zero attached hydrogens (tertiary/aromatic N) is 2. The summed E-state index contributed by atoms with van der Waals surface area (Å²) in [6.45, 7) is 0. The van der Waals surface area contributed by atoms with Gasteiger partial charge in [-0.3, -0.25) is 0 Å². The van der Waals surface area contributed by atoms with Gasteiger partial charge in [-0.2, -0.15) is 0 Å². The molecule has 0 saturated carbocycles. The van der Waals surface area contributed by atoms with Gasteiger partial charge in [-0.25, -0.2) is 4.98 Å². The molecule has 0 amide bonds. The molecule has 0 radical (unpaired) electrons. The molecule has 0 bridgehead atoms. The first kappa shape index (κ1) is 29.5. The van der Waals surface area contributed by atoms with Crippen LogP contribution in [0.2, 0.25) is 0 Å². The molecule has 0 aliphatic heterocycles. The molecule has 11 rings (SSSR count). The minimum atomic E-state index is 0.842. The Morgan fingerprint density at radius 2 is 1.15 bits per heavy atom. The predicted octanol–water partition coefficient (Wildman–Crippen LogP) is 14.5. The number of hydrogen-bond acceptors (Lipinski definition) is 5. The highest BCUT2D eigenvalue weighted by Crippen LogP contribution is 2.44. The summed E-state index contributed by atoms with van der Waals surface area (Å²) < 4.78 is 10.3. The zero-order valence-electron chi connectivity index (χ0n) is 27.8. The Morgan fingerprint density at radius 1 is 0.442 bits per heavy atom. The number of benzene rings is 8. The predicted molar refractivity (Wildman–Crippen MR) is 223 cm³/mol. The Morgan fingerprint density at radius 3 is 2.04 bits per heavy atom. The van der Waals surface area contributed by atoms with Crippen molar-refractivity contribution in [3.05, 3.63) is 170 Å². The summed E-state index contributed by atoms with van der Waals surface area (Å²) in [5, 5.41) is 8.23. The second-order valence-electron chi connectivity index (χ2n) is 13.1. The molecule has 0 aliphatic rings. The van der Waals surface area contributed by atoms with Crippen molar-refractivity contribution in [1.82, 2.24) is 4.98 Å². The molecule has 0 saturated heterocycles. The van der Waals surface area contributed by atoms with Gasteiger partial charge in [0.15, 0.2) is 0 Å². The normalized spacial score (nSPS) is 11.8. The Labute approximate surface area is 307 Å². The number of aromatic nitrogens is 1. The SMILES string of the molecule is c1ccc(-c2nc3c(ccc4oc5cc(N(c6ccc(-c7cccc8ccccc78)cc6)c6ccc7c(c6)sc6ccccc67)ccc5c43)s2)cc1. The third kappa shape index (κ3) is 4.67. The maximum Gasteiger partial charge on any atom is 0.137 e. The number of fused-ring (bicyclic) bond motifs is 9. The van der Waals surface area contributed by atoms with Crippen LogP contribution in [-0.2, 0) is 0 Å². The zero-order valence-corrected chi connectivity index (χ0v) is 29.4. The van der Waals surface area contributed by atoms with Gasteiger partial charge in [0.25, 0.3) is 0 Å². The fourth-order valence-corrected chi connectivity index (χ4v) is 9.77. The van der Waals surface area contributed by atoms with Crippen molar-refractivity contribution in [2.24, 2.45) is 0 Å². The summed E-state index contributed by atoms with van der Waals surface area (Å²) in [5.41, 5.74) is 9.44. The van der Waals surface area contributed by atoms with E-state index >= 15 is 0 Å². The van der Waals surface area contributed by atoms with E-state index in [1.807, 2.05) is 17.4 Å². The number of furan rings is 1. The van der Waals surface area contributed by atoms with Gasteiger partial charge < -0.3 is 9.32 Å². The van der Waals surface area contributed by atoms with Crippen molar-refractivity contribution in [2.45, 2.75) is 0 Å². The maximum atomic E-state index is 6.61. The topological polar surface area (TPSA) is 29.3 Å².